The second-order valence-corrected chi connectivity index (χ2v) is 2.40. The molecule has 12 heavy (non-hydrogen) atoms. The van der Waals surface area contributed by atoms with E-state index in [-0.39, 0.29) is 10.3 Å². The van der Waals surface area contributed by atoms with Crippen LogP contribution < -0.4 is 0 Å². The highest BCUT2D eigenvalue weighted by atomic mass is 16.5. The third-order valence-corrected chi connectivity index (χ3v) is 1.49. The number of ether oxygens (including phenoxy) is 1. The molecular formula is C6H8N3O3+. The molecular weight excluding hydrogens is 162 g/mol. The topological polar surface area (TPSA) is 68.1 Å². The van der Waals surface area contributed by atoms with Gasteiger partial charge in [-0.15, -0.1) is 0 Å². The molecule has 0 fully saturated rings. The van der Waals surface area contributed by atoms with Crippen LogP contribution in [0.2, 0.25) is 0 Å². The zero-order valence-electron chi connectivity index (χ0n) is 6.72. The maximum Gasteiger partial charge on any atom is 0.416 e. The maximum atomic E-state index is 11.0. The minimum Gasteiger partial charge on any atom is -0.460 e. The lowest BCUT2D eigenvalue weighted by atomic mass is 10.5. The minimum absolute atomic E-state index is 0.0347. The van der Waals surface area contributed by atoms with Gasteiger partial charge in [0.25, 0.3) is 0 Å². The summed E-state index contributed by atoms with van der Waals surface area (Å²) in [5, 5.41) is 6.94. The van der Waals surface area contributed by atoms with Crippen molar-refractivity contribution < 1.29 is 18.8 Å². The minimum atomic E-state index is -0.651. The van der Waals surface area contributed by atoms with Crippen LogP contribution >= 0.6 is 0 Å². The van der Waals surface area contributed by atoms with E-state index in [9.17, 15) is 9.59 Å². The summed E-state index contributed by atoms with van der Waals surface area (Å²) in [7, 11) is 2.71. The van der Waals surface area contributed by atoms with Gasteiger partial charge >= 0.3 is 18.2 Å². The second kappa shape index (κ2) is 2.82. The number of quaternary nitrogens is 1. The van der Waals surface area contributed by atoms with Crippen LogP contribution in [0.25, 0.3) is 0 Å². The quantitative estimate of drug-likeness (QED) is 0.307. The Kier molecular flexibility index (Phi) is 2.01. The van der Waals surface area contributed by atoms with Crippen molar-refractivity contribution in [1.82, 2.24) is 0 Å². The number of nitrogens with zero attached hydrogens (tertiary/aromatic N) is 3. The summed E-state index contributed by atoms with van der Waals surface area (Å²) < 4.78 is 4.04. The maximum absolute atomic E-state index is 11.0. The van der Waals surface area contributed by atoms with Gasteiger partial charge in [0.05, 0.1) is 14.2 Å². The molecule has 0 bridgehead atoms. The molecule has 0 saturated heterocycles. The van der Waals surface area contributed by atoms with Gasteiger partial charge in [0.2, 0.25) is 6.34 Å². The summed E-state index contributed by atoms with van der Waals surface area (Å²) in [6.07, 6.45) is 1.80. The van der Waals surface area contributed by atoms with Crippen LogP contribution in [0.1, 0.15) is 0 Å². The second-order valence-electron chi connectivity index (χ2n) is 2.40. The lowest BCUT2D eigenvalue weighted by Gasteiger charge is -2.14. The Morgan fingerprint density at radius 1 is 1.75 bits per heavy atom. The summed E-state index contributed by atoms with van der Waals surface area (Å²) in [6.45, 7) is 0. The van der Waals surface area contributed by atoms with Crippen LogP contribution in [0.15, 0.2) is 10.2 Å². The van der Waals surface area contributed by atoms with Gasteiger partial charge in [-0.05, 0) is 0 Å². The first-order valence-electron chi connectivity index (χ1n) is 3.17. The monoisotopic (exact) mass is 170 g/mol. The first kappa shape index (κ1) is 8.54. The van der Waals surface area contributed by atoms with Crippen LogP contribution in [0.3, 0.4) is 0 Å². The zero-order chi connectivity index (χ0) is 9.19. The number of methoxy groups -OCH3 is 1. The van der Waals surface area contributed by atoms with Gasteiger partial charge < -0.3 is 4.74 Å². The van der Waals surface area contributed by atoms with E-state index in [4.69, 9.17) is 0 Å². The number of hydrogen-bond acceptors (Lipinski definition) is 5. The number of amides is 1. The lowest BCUT2D eigenvalue weighted by Crippen LogP contribution is -2.48. The highest BCUT2D eigenvalue weighted by Gasteiger charge is 2.39. The van der Waals surface area contributed by atoms with Gasteiger partial charge in [-0.1, -0.05) is 10.2 Å². The number of carbonyl (C=O) groups excluding carboxylic acids is 2. The van der Waals surface area contributed by atoms with Crippen molar-refractivity contribution in [2.24, 2.45) is 10.2 Å². The molecule has 1 aliphatic rings. The van der Waals surface area contributed by atoms with Crippen molar-refractivity contribution in [3.63, 3.8) is 0 Å². The Balaban J connectivity index is 2.95. The van der Waals surface area contributed by atoms with Crippen molar-refractivity contribution in [3.05, 3.63) is 0 Å². The molecule has 0 N–H and O–H groups in total. The first-order chi connectivity index (χ1) is 5.64. The number of likely N-dealkylation sites (N-methyl/N-ethyl adjacent to an activating group) is 1. The SMILES string of the molecule is COC(=O)C1=NN=C[N+]1(C)C=O. The van der Waals surface area contributed by atoms with Gasteiger partial charge in [0, 0.05) is 0 Å². The van der Waals surface area contributed by atoms with Crippen molar-refractivity contribution in [1.29, 1.82) is 0 Å². The fraction of sp³-hybridized carbons (Fsp3) is 0.333. The molecule has 0 aliphatic carbocycles. The fourth-order valence-corrected chi connectivity index (χ4v) is 0.745. The van der Waals surface area contributed by atoms with E-state index in [1.165, 1.54) is 20.5 Å². The Hall–Kier alpha value is -1.56. The molecule has 1 atom stereocenters. The Bertz CT molecular complexity index is 284. The standard InChI is InChI=1S/C6H8N3O3/c1-9(4-10)3-7-8-5(9)6(11)12-2/h3-4H,1-2H3/q+1. The van der Waals surface area contributed by atoms with Crippen LogP contribution in [0, 0.1) is 0 Å². The van der Waals surface area contributed by atoms with Crippen molar-refractivity contribution in [2.75, 3.05) is 14.2 Å². The molecule has 1 amide bonds. The molecule has 0 radical (unpaired) electrons. The zero-order valence-corrected chi connectivity index (χ0v) is 6.72. The smallest absolute Gasteiger partial charge is 0.416 e. The average molecular weight is 170 g/mol. The van der Waals surface area contributed by atoms with Crippen molar-refractivity contribution in [3.8, 4) is 0 Å². The number of esters is 1. The third-order valence-electron chi connectivity index (χ3n) is 1.49. The molecule has 64 valence electrons. The van der Waals surface area contributed by atoms with Gasteiger partial charge in [-0.3, -0.25) is 0 Å². The van der Waals surface area contributed by atoms with Crippen molar-refractivity contribution in [2.45, 2.75) is 0 Å². The normalized spacial score (nSPS) is 26.7. The van der Waals surface area contributed by atoms with Gasteiger partial charge in [-0.25, -0.2) is 9.59 Å². The summed E-state index contributed by atoms with van der Waals surface area (Å²) in [6, 6.07) is 0. The number of rotatable bonds is 2. The average Bonchev–Trinajstić information content (AvgIpc) is 2.47. The highest BCUT2D eigenvalue weighted by molar-refractivity contribution is 6.35. The van der Waals surface area contributed by atoms with E-state index < -0.39 is 5.97 Å². The lowest BCUT2D eigenvalue weighted by molar-refractivity contribution is -0.616. The Morgan fingerprint density at radius 3 is 2.92 bits per heavy atom. The molecule has 1 aliphatic heterocycles. The number of carbonyl (C=O) groups is 2. The van der Waals surface area contributed by atoms with E-state index in [1.54, 1.807) is 0 Å². The summed E-state index contributed by atoms with van der Waals surface area (Å²) in [4.78, 5) is 21.5. The Labute approximate surface area is 68.7 Å². The molecule has 0 aromatic carbocycles. The van der Waals surface area contributed by atoms with Gasteiger partial charge in [-0.2, -0.15) is 4.48 Å². The van der Waals surface area contributed by atoms with Crippen LogP contribution in [-0.4, -0.2) is 43.2 Å². The van der Waals surface area contributed by atoms with Gasteiger partial charge in [0.1, 0.15) is 0 Å². The summed E-state index contributed by atoms with van der Waals surface area (Å²) in [5.41, 5.74) is 0. The van der Waals surface area contributed by atoms with E-state index in [0.29, 0.717) is 6.41 Å². The molecule has 0 aromatic heterocycles. The largest absolute Gasteiger partial charge is 0.460 e. The molecule has 0 aromatic rings. The third kappa shape index (κ3) is 1.12. The predicted molar refractivity (Wildman–Crippen MR) is 40.2 cm³/mol. The highest BCUT2D eigenvalue weighted by Crippen LogP contribution is 2.06. The van der Waals surface area contributed by atoms with E-state index >= 15 is 0 Å². The summed E-state index contributed by atoms with van der Waals surface area (Å²) >= 11 is 0. The number of amidine groups is 1. The van der Waals surface area contributed by atoms with Crippen LogP contribution in [0.5, 0.6) is 0 Å². The van der Waals surface area contributed by atoms with E-state index in [2.05, 4.69) is 14.9 Å². The molecule has 6 heteroatoms. The van der Waals surface area contributed by atoms with Crippen LogP contribution in [0.4, 0.5) is 0 Å². The van der Waals surface area contributed by atoms with E-state index in [1.807, 2.05) is 0 Å². The van der Waals surface area contributed by atoms with Gasteiger partial charge in [0.15, 0.2) is 0 Å². The van der Waals surface area contributed by atoms with Crippen molar-refractivity contribution >= 4 is 24.6 Å². The molecule has 0 spiro atoms. The molecule has 1 unspecified atom stereocenters. The Morgan fingerprint density at radius 2 is 2.42 bits per heavy atom. The fourth-order valence-electron chi connectivity index (χ4n) is 0.745. The molecule has 0 saturated carbocycles. The molecule has 1 heterocycles. The first-order valence-corrected chi connectivity index (χ1v) is 3.17. The summed E-state index contributed by atoms with van der Waals surface area (Å²) in [5.74, 6) is -0.686. The molecule has 6 nitrogen and oxygen atoms in total. The predicted octanol–water partition coefficient (Wildman–Crippen LogP) is -0.882. The number of hydrogen-bond donors (Lipinski definition) is 0. The van der Waals surface area contributed by atoms with E-state index in [0.717, 1.165) is 0 Å². The van der Waals surface area contributed by atoms with Crippen LogP contribution in [-0.2, 0) is 14.3 Å². The molecule has 1 rings (SSSR count).